The lowest BCUT2D eigenvalue weighted by atomic mass is 9.52. The molecule has 2 saturated carbocycles. The molecule has 0 amide bonds. The topological polar surface area (TPSA) is 44.8 Å². The summed E-state index contributed by atoms with van der Waals surface area (Å²) in [5.74, 6) is 3.41. The molecule has 1 heterocycles. The number of ketones is 1. The minimum Gasteiger partial charge on any atom is -0.489 e. The Bertz CT molecular complexity index is 1140. The molecule has 6 atom stereocenters. The second-order valence-electron chi connectivity index (χ2n) is 12.8. The van der Waals surface area contributed by atoms with Crippen molar-refractivity contribution in [2.24, 2.45) is 29.1 Å². The fourth-order valence-corrected chi connectivity index (χ4v) is 8.58. The lowest BCUT2D eigenvalue weighted by Gasteiger charge is -2.51. The van der Waals surface area contributed by atoms with E-state index in [2.05, 4.69) is 56.3 Å². The number of carbonyl (C=O) groups excluding carboxylic acids is 1. The summed E-state index contributed by atoms with van der Waals surface area (Å²) in [6.45, 7) is 8.59. The van der Waals surface area contributed by atoms with Gasteiger partial charge in [0.25, 0.3) is 0 Å². The monoisotopic (exact) mass is 516 g/mol. The molecule has 1 saturated heterocycles. The number of hydrogen-bond donors (Lipinski definition) is 0. The highest BCUT2D eigenvalue weighted by molar-refractivity contribution is 5.89. The minimum atomic E-state index is -0.508. The zero-order valence-electron chi connectivity index (χ0n) is 23.4. The molecule has 1 aliphatic heterocycles. The molecule has 4 heteroatoms. The first-order valence-electron chi connectivity index (χ1n) is 15.0. The van der Waals surface area contributed by atoms with E-state index in [-0.39, 0.29) is 11.3 Å². The number of hydrogen-bond acceptors (Lipinski definition) is 4. The van der Waals surface area contributed by atoms with Crippen LogP contribution in [0.1, 0.15) is 88.3 Å². The molecule has 4 aliphatic rings. The SMILES string of the molecule is CCC[C@@H]1Cc2cc(OCc3ccccc3)ccc2[C@H]2CC[C@]3(C)C(=O)[C@H](CCC4(C)OCCO4)C[C@H]3[C@H]12. The predicted octanol–water partition coefficient (Wildman–Crippen LogP) is 7.49. The molecule has 204 valence electrons. The molecule has 0 spiro atoms. The maximum absolute atomic E-state index is 13.9. The Morgan fingerprint density at radius 3 is 2.58 bits per heavy atom. The number of benzene rings is 2. The van der Waals surface area contributed by atoms with Crippen LogP contribution < -0.4 is 4.74 Å². The van der Waals surface area contributed by atoms with Crippen molar-refractivity contribution in [1.82, 2.24) is 0 Å². The molecule has 3 fully saturated rings. The molecule has 0 bridgehead atoms. The van der Waals surface area contributed by atoms with Crippen LogP contribution in [0.3, 0.4) is 0 Å². The minimum absolute atomic E-state index is 0.144. The first kappa shape index (κ1) is 26.1. The average Bonchev–Trinajstić information content (AvgIpc) is 3.47. The normalized spacial score (nSPS) is 33.4. The van der Waals surface area contributed by atoms with E-state index < -0.39 is 5.79 Å². The van der Waals surface area contributed by atoms with Crippen LogP contribution >= 0.6 is 0 Å². The van der Waals surface area contributed by atoms with Gasteiger partial charge in [0, 0.05) is 17.8 Å². The molecule has 4 nitrogen and oxygen atoms in total. The average molecular weight is 517 g/mol. The maximum atomic E-state index is 13.9. The second-order valence-corrected chi connectivity index (χ2v) is 12.8. The van der Waals surface area contributed by atoms with Gasteiger partial charge in [0.05, 0.1) is 13.2 Å². The lowest BCUT2D eigenvalue weighted by Crippen LogP contribution is -2.46. The van der Waals surface area contributed by atoms with Gasteiger partial charge in [-0.05, 0) is 91.5 Å². The molecule has 2 aromatic carbocycles. The van der Waals surface area contributed by atoms with Crippen LogP contribution in [0.5, 0.6) is 5.75 Å². The van der Waals surface area contributed by atoms with Gasteiger partial charge in [-0.15, -0.1) is 0 Å². The Hall–Kier alpha value is -2.17. The molecular formula is C34H44O4. The van der Waals surface area contributed by atoms with Crippen molar-refractivity contribution in [2.45, 2.75) is 90.4 Å². The number of fused-ring (bicyclic) bond motifs is 5. The summed E-state index contributed by atoms with van der Waals surface area (Å²) < 4.78 is 17.9. The van der Waals surface area contributed by atoms with Crippen LogP contribution in [0.4, 0.5) is 0 Å². The van der Waals surface area contributed by atoms with Crippen LogP contribution in [0.25, 0.3) is 0 Å². The van der Waals surface area contributed by atoms with Gasteiger partial charge < -0.3 is 14.2 Å². The molecule has 0 N–H and O–H groups in total. The van der Waals surface area contributed by atoms with Gasteiger partial charge in [0.2, 0.25) is 0 Å². The van der Waals surface area contributed by atoms with Gasteiger partial charge in [-0.3, -0.25) is 4.79 Å². The van der Waals surface area contributed by atoms with E-state index in [1.165, 1.54) is 29.5 Å². The van der Waals surface area contributed by atoms with Gasteiger partial charge in [-0.1, -0.05) is 63.1 Å². The summed E-state index contributed by atoms with van der Waals surface area (Å²) in [5.41, 5.74) is 4.02. The third-order valence-corrected chi connectivity index (χ3v) is 10.5. The van der Waals surface area contributed by atoms with E-state index >= 15 is 0 Å². The first-order chi connectivity index (χ1) is 18.4. The first-order valence-corrected chi connectivity index (χ1v) is 15.0. The van der Waals surface area contributed by atoms with E-state index in [0.29, 0.717) is 49.3 Å². The van der Waals surface area contributed by atoms with Crippen molar-refractivity contribution in [1.29, 1.82) is 0 Å². The zero-order chi connectivity index (χ0) is 26.3. The highest BCUT2D eigenvalue weighted by Gasteiger charge is 2.59. The van der Waals surface area contributed by atoms with E-state index in [1.54, 1.807) is 0 Å². The number of ether oxygens (including phenoxy) is 3. The highest BCUT2D eigenvalue weighted by Crippen LogP contribution is 2.63. The quantitative estimate of drug-likeness (QED) is 0.365. The van der Waals surface area contributed by atoms with E-state index in [9.17, 15) is 4.79 Å². The van der Waals surface area contributed by atoms with Gasteiger partial charge in [-0.25, -0.2) is 0 Å². The Kier molecular flexibility index (Phi) is 7.15. The summed E-state index contributed by atoms with van der Waals surface area (Å²) in [6.07, 6.45) is 8.42. The number of Topliss-reactive ketones (excluding diaryl/α,β-unsaturated/α-hetero) is 1. The molecule has 0 aromatic heterocycles. The van der Waals surface area contributed by atoms with Crippen molar-refractivity contribution in [3.05, 3.63) is 65.2 Å². The summed E-state index contributed by atoms with van der Waals surface area (Å²) >= 11 is 0. The van der Waals surface area contributed by atoms with Crippen LogP contribution in [0.15, 0.2) is 48.5 Å². The smallest absolute Gasteiger partial charge is 0.165 e. The molecule has 0 unspecified atom stereocenters. The van der Waals surface area contributed by atoms with Crippen molar-refractivity contribution in [3.63, 3.8) is 0 Å². The molecule has 6 rings (SSSR count). The van der Waals surface area contributed by atoms with Crippen LogP contribution in [0.2, 0.25) is 0 Å². The van der Waals surface area contributed by atoms with Crippen molar-refractivity contribution in [3.8, 4) is 5.75 Å². The Labute approximate surface area is 228 Å². The zero-order valence-corrected chi connectivity index (χ0v) is 23.4. The van der Waals surface area contributed by atoms with Crippen molar-refractivity contribution >= 4 is 5.78 Å². The highest BCUT2D eigenvalue weighted by atomic mass is 16.7. The molecule has 38 heavy (non-hydrogen) atoms. The third kappa shape index (κ3) is 4.73. The van der Waals surface area contributed by atoms with E-state index in [0.717, 1.165) is 44.3 Å². The van der Waals surface area contributed by atoms with Gasteiger partial charge in [-0.2, -0.15) is 0 Å². The van der Waals surface area contributed by atoms with Gasteiger partial charge in [0.15, 0.2) is 5.79 Å². The fraction of sp³-hybridized carbons (Fsp3) is 0.618. The fourth-order valence-electron chi connectivity index (χ4n) is 8.58. The molecular weight excluding hydrogens is 472 g/mol. The van der Waals surface area contributed by atoms with Gasteiger partial charge >= 0.3 is 0 Å². The van der Waals surface area contributed by atoms with Crippen molar-refractivity contribution in [2.75, 3.05) is 13.2 Å². The molecule has 3 aliphatic carbocycles. The van der Waals surface area contributed by atoms with E-state index in [4.69, 9.17) is 14.2 Å². The summed E-state index contributed by atoms with van der Waals surface area (Å²) in [6, 6.07) is 17.2. The molecule has 2 aromatic rings. The lowest BCUT2D eigenvalue weighted by molar-refractivity contribution is -0.150. The molecule has 0 radical (unpaired) electrons. The van der Waals surface area contributed by atoms with Gasteiger partial charge in [0.1, 0.15) is 18.1 Å². The number of carbonyl (C=O) groups is 1. The standard InChI is InChI=1S/C34H44O4/c1-4-8-24-19-26-20-27(36-22-23-9-6-5-7-10-23)11-12-28(26)29-14-15-33(2)30(31(24)29)21-25(32(33)35)13-16-34(3)37-17-18-38-34/h5-7,9-12,20,24-25,29-31H,4,8,13-19,21-22H2,1-3H3/t24-,25-,29-,30+,31-,33+/m1/s1. The summed E-state index contributed by atoms with van der Waals surface area (Å²) in [5, 5.41) is 0. The predicted molar refractivity (Wildman–Crippen MR) is 149 cm³/mol. The third-order valence-electron chi connectivity index (χ3n) is 10.5. The largest absolute Gasteiger partial charge is 0.489 e. The number of rotatable bonds is 8. The van der Waals surface area contributed by atoms with Crippen LogP contribution in [-0.2, 0) is 27.3 Å². The van der Waals surface area contributed by atoms with Crippen molar-refractivity contribution < 1.29 is 19.0 Å². The van der Waals surface area contributed by atoms with Crippen LogP contribution in [0, 0.1) is 29.1 Å². The second kappa shape index (κ2) is 10.4. The Morgan fingerprint density at radius 1 is 1.03 bits per heavy atom. The van der Waals surface area contributed by atoms with E-state index in [1.807, 2.05) is 13.0 Å². The summed E-state index contributed by atoms with van der Waals surface area (Å²) in [4.78, 5) is 13.9. The Morgan fingerprint density at radius 2 is 1.82 bits per heavy atom. The maximum Gasteiger partial charge on any atom is 0.165 e. The summed E-state index contributed by atoms with van der Waals surface area (Å²) in [7, 11) is 0. The van der Waals surface area contributed by atoms with Crippen LogP contribution in [-0.4, -0.2) is 24.8 Å². The Balaban J connectivity index is 1.22.